The fraction of sp³-hybridized carbons (Fsp3) is 0.118. The molecule has 0 bridgehead atoms. The number of carbonyl (C=O) groups excluding carboxylic acids is 1. The van der Waals surface area contributed by atoms with Crippen molar-refractivity contribution in [2.24, 2.45) is 0 Å². The molecule has 0 fully saturated rings. The molecule has 0 aliphatic rings. The van der Waals surface area contributed by atoms with Gasteiger partial charge in [0, 0.05) is 23.8 Å². The number of halogens is 1. The molecule has 130 valence electrons. The lowest BCUT2D eigenvalue weighted by molar-refractivity contribution is -0.385. The molecule has 0 amide bonds. The van der Waals surface area contributed by atoms with Crippen LogP contribution < -0.4 is 14.2 Å². The number of ether oxygens (including phenoxy) is 3. The Bertz CT molecular complexity index is 834. The van der Waals surface area contributed by atoms with Crippen LogP contribution in [0, 0.1) is 15.9 Å². The van der Waals surface area contributed by atoms with Gasteiger partial charge < -0.3 is 14.2 Å². The molecule has 0 atom stereocenters. The normalized spacial score (nSPS) is 10.5. The smallest absolute Gasteiger partial charge is 0.336 e. The number of nitrogens with zero attached hydrogens (tertiary/aromatic N) is 1. The Kier molecular flexibility index (Phi) is 5.67. The van der Waals surface area contributed by atoms with Gasteiger partial charge in [0.1, 0.15) is 17.3 Å². The van der Waals surface area contributed by atoms with E-state index in [9.17, 15) is 19.3 Å². The highest BCUT2D eigenvalue weighted by Gasteiger charge is 2.18. The number of carbonyl (C=O) groups is 1. The fourth-order valence-electron chi connectivity index (χ4n) is 1.99. The zero-order valence-electron chi connectivity index (χ0n) is 13.4. The highest BCUT2D eigenvalue weighted by Crippen LogP contribution is 2.28. The first kappa shape index (κ1) is 17.9. The van der Waals surface area contributed by atoms with E-state index >= 15 is 0 Å². The third-order valence-electron chi connectivity index (χ3n) is 3.16. The van der Waals surface area contributed by atoms with E-state index in [1.165, 1.54) is 20.3 Å². The number of rotatable bonds is 6. The minimum atomic E-state index is -0.904. The average Bonchev–Trinajstić information content (AvgIpc) is 2.59. The number of benzene rings is 2. The molecule has 2 aromatic rings. The van der Waals surface area contributed by atoms with Gasteiger partial charge >= 0.3 is 11.7 Å². The second kappa shape index (κ2) is 7.91. The monoisotopic (exact) mass is 347 g/mol. The molecule has 0 aliphatic carbocycles. The van der Waals surface area contributed by atoms with Crippen LogP contribution in [-0.2, 0) is 4.79 Å². The van der Waals surface area contributed by atoms with Crippen LogP contribution >= 0.6 is 0 Å². The van der Waals surface area contributed by atoms with E-state index in [1.807, 2.05) is 0 Å². The molecule has 0 saturated carbocycles. The zero-order chi connectivity index (χ0) is 18.4. The standard InChI is InChI=1S/C17H14FNO6/c1-23-13-5-7-15(24-2)11(9-13)3-8-17(20)25-16-10-12(18)4-6-14(16)19(21)22/h3-10H,1-2H3/b8-3+. The summed E-state index contributed by atoms with van der Waals surface area (Å²) in [6, 6.07) is 7.58. The van der Waals surface area contributed by atoms with Gasteiger partial charge in [-0.05, 0) is 30.3 Å². The lowest BCUT2D eigenvalue weighted by Gasteiger charge is -2.07. The molecule has 0 saturated heterocycles. The summed E-state index contributed by atoms with van der Waals surface area (Å²) in [6.07, 6.45) is 2.45. The van der Waals surface area contributed by atoms with E-state index in [0.717, 1.165) is 24.3 Å². The maximum absolute atomic E-state index is 13.2. The molecule has 0 aliphatic heterocycles. The molecule has 0 aromatic heterocycles. The largest absolute Gasteiger partial charge is 0.497 e. The predicted octanol–water partition coefficient (Wildman–Crippen LogP) is 3.37. The number of hydrogen-bond acceptors (Lipinski definition) is 6. The summed E-state index contributed by atoms with van der Waals surface area (Å²) in [7, 11) is 2.96. The first-order valence-electron chi connectivity index (χ1n) is 7.00. The lowest BCUT2D eigenvalue weighted by atomic mass is 10.1. The summed E-state index contributed by atoms with van der Waals surface area (Å²) in [5, 5.41) is 10.9. The van der Waals surface area contributed by atoms with Crippen molar-refractivity contribution in [3.05, 3.63) is 64.0 Å². The Labute approximate surface area is 142 Å². The molecule has 7 nitrogen and oxygen atoms in total. The van der Waals surface area contributed by atoms with Crippen LogP contribution in [0.4, 0.5) is 10.1 Å². The third kappa shape index (κ3) is 4.54. The molecule has 0 heterocycles. The predicted molar refractivity (Wildman–Crippen MR) is 87.3 cm³/mol. The van der Waals surface area contributed by atoms with E-state index in [-0.39, 0.29) is 0 Å². The first-order chi connectivity index (χ1) is 11.9. The molecule has 2 aromatic carbocycles. The Hall–Kier alpha value is -3.42. The van der Waals surface area contributed by atoms with Gasteiger partial charge in [0.15, 0.2) is 0 Å². The summed E-state index contributed by atoms with van der Waals surface area (Å²) in [5.74, 6) is -1.10. The SMILES string of the molecule is COc1ccc(OC)c(/C=C/C(=O)Oc2cc(F)ccc2[N+](=O)[O-])c1. The zero-order valence-corrected chi connectivity index (χ0v) is 13.4. The van der Waals surface area contributed by atoms with E-state index in [2.05, 4.69) is 0 Å². The maximum Gasteiger partial charge on any atom is 0.336 e. The van der Waals surface area contributed by atoms with Crippen LogP contribution in [0.3, 0.4) is 0 Å². The van der Waals surface area contributed by atoms with Crippen LogP contribution in [0.5, 0.6) is 17.2 Å². The minimum Gasteiger partial charge on any atom is -0.497 e. The maximum atomic E-state index is 13.2. The minimum absolute atomic E-state index is 0.475. The Balaban J connectivity index is 2.22. The first-order valence-corrected chi connectivity index (χ1v) is 7.00. The Morgan fingerprint density at radius 2 is 1.88 bits per heavy atom. The second-order valence-corrected chi connectivity index (χ2v) is 4.73. The molecular weight excluding hydrogens is 333 g/mol. The topological polar surface area (TPSA) is 87.9 Å². The molecular formula is C17H14FNO6. The number of esters is 1. The van der Waals surface area contributed by atoms with Crippen molar-refractivity contribution in [1.29, 1.82) is 0 Å². The van der Waals surface area contributed by atoms with Crippen LogP contribution in [0.1, 0.15) is 5.56 Å². The lowest BCUT2D eigenvalue weighted by Crippen LogP contribution is -2.06. The van der Waals surface area contributed by atoms with Gasteiger partial charge in [0.2, 0.25) is 5.75 Å². The quantitative estimate of drug-likeness (QED) is 0.262. The molecule has 0 unspecified atom stereocenters. The summed E-state index contributed by atoms with van der Waals surface area (Å²) in [6.45, 7) is 0. The van der Waals surface area contributed by atoms with Gasteiger partial charge in [-0.3, -0.25) is 10.1 Å². The van der Waals surface area contributed by atoms with Crippen LogP contribution in [0.15, 0.2) is 42.5 Å². The van der Waals surface area contributed by atoms with Crippen molar-refractivity contribution in [2.75, 3.05) is 14.2 Å². The van der Waals surface area contributed by atoms with Crippen molar-refractivity contribution in [3.8, 4) is 17.2 Å². The molecule has 0 radical (unpaired) electrons. The Morgan fingerprint density at radius 3 is 2.52 bits per heavy atom. The average molecular weight is 347 g/mol. The third-order valence-corrected chi connectivity index (χ3v) is 3.16. The van der Waals surface area contributed by atoms with Gasteiger partial charge in [-0.1, -0.05) is 0 Å². The number of methoxy groups -OCH3 is 2. The van der Waals surface area contributed by atoms with Gasteiger partial charge in [-0.15, -0.1) is 0 Å². The van der Waals surface area contributed by atoms with Gasteiger partial charge in [-0.2, -0.15) is 0 Å². The highest BCUT2D eigenvalue weighted by atomic mass is 19.1. The highest BCUT2D eigenvalue weighted by molar-refractivity contribution is 5.89. The van der Waals surface area contributed by atoms with Gasteiger partial charge in [0.25, 0.3) is 0 Å². The summed E-state index contributed by atoms with van der Waals surface area (Å²) in [5.41, 5.74) is 0.0228. The molecule has 8 heteroatoms. The van der Waals surface area contributed by atoms with Crippen molar-refractivity contribution < 1.29 is 28.3 Å². The van der Waals surface area contributed by atoms with E-state index in [0.29, 0.717) is 17.1 Å². The summed E-state index contributed by atoms with van der Waals surface area (Å²) in [4.78, 5) is 22.0. The molecule has 2 rings (SSSR count). The summed E-state index contributed by atoms with van der Waals surface area (Å²) >= 11 is 0. The van der Waals surface area contributed by atoms with Crippen molar-refractivity contribution in [2.45, 2.75) is 0 Å². The van der Waals surface area contributed by atoms with Gasteiger partial charge in [-0.25, -0.2) is 9.18 Å². The fourth-order valence-corrected chi connectivity index (χ4v) is 1.99. The van der Waals surface area contributed by atoms with E-state index < -0.39 is 28.1 Å². The van der Waals surface area contributed by atoms with E-state index in [4.69, 9.17) is 14.2 Å². The number of nitro benzene ring substituents is 1. The number of nitro groups is 1. The van der Waals surface area contributed by atoms with E-state index in [1.54, 1.807) is 18.2 Å². The van der Waals surface area contributed by atoms with Crippen LogP contribution in [0.25, 0.3) is 6.08 Å². The van der Waals surface area contributed by atoms with Crippen molar-refractivity contribution in [3.63, 3.8) is 0 Å². The van der Waals surface area contributed by atoms with Crippen LogP contribution in [0.2, 0.25) is 0 Å². The Morgan fingerprint density at radius 1 is 1.12 bits per heavy atom. The van der Waals surface area contributed by atoms with Crippen molar-refractivity contribution >= 4 is 17.7 Å². The van der Waals surface area contributed by atoms with Crippen molar-refractivity contribution in [1.82, 2.24) is 0 Å². The second-order valence-electron chi connectivity index (χ2n) is 4.73. The van der Waals surface area contributed by atoms with Gasteiger partial charge in [0.05, 0.1) is 19.1 Å². The van der Waals surface area contributed by atoms with Crippen LogP contribution in [-0.4, -0.2) is 25.1 Å². The molecule has 0 spiro atoms. The molecule has 25 heavy (non-hydrogen) atoms. The summed E-state index contributed by atoms with van der Waals surface area (Å²) < 4.78 is 28.3. The number of hydrogen-bond donors (Lipinski definition) is 0. The molecule has 0 N–H and O–H groups in total.